The largest absolute Gasteiger partial charge is 0.376 e. The summed E-state index contributed by atoms with van der Waals surface area (Å²) in [5.41, 5.74) is 0. The first-order valence-corrected chi connectivity index (χ1v) is 11.5. The lowest BCUT2D eigenvalue weighted by molar-refractivity contribution is -0.0721. The molecule has 5 fully saturated rings. The normalized spacial score (nSPS) is 34.6. The highest BCUT2D eigenvalue weighted by molar-refractivity contribution is 5.80. The van der Waals surface area contributed by atoms with Gasteiger partial charge in [0, 0.05) is 65.0 Å². The van der Waals surface area contributed by atoms with E-state index in [2.05, 4.69) is 26.9 Å². The number of hydrogen-bond acceptors (Lipinski definition) is 5. The van der Waals surface area contributed by atoms with Gasteiger partial charge in [0.1, 0.15) is 0 Å². The Morgan fingerprint density at radius 2 is 1.89 bits per heavy atom. The zero-order valence-electron chi connectivity index (χ0n) is 17.7. The van der Waals surface area contributed by atoms with Crippen LogP contribution in [0, 0.1) is 0 Å². The van der Waals surface area contributed by atoms with Crippen molar-refractivity contribution in [3.63, 3.8) is 0 Å². The van der Waals surface area contributed by atoms with Gasteiger partial charge in [-0.3, -0.25) is 14.8 Å². The van der Waals surface area contributed by atoms with Gasteiger partial charge in [-0.05, 0) is 39.0 Å². The Hall–Kier alpha value is -0.890. The summed E-state index contributed by atoms with van der Waals surface area (Å²) in [4.78, 5) is 12.7. The van der Waals surface area contributed by atoms with E-state index in [1.54, 1.807) is 0 Å². The molecule has 0 aliphatic carbocycles. The van der Waals surface area contributed by atoms with E-state index >= 15 is 0 Å². The lowest BCUT2D eigenvalue weighted by atomic mass is 10.1. The molecule has 5 saturated heterocycles. The maximum absolute atomic E-state index is 6.17. The molecule has 0 radical (unpaired) electrons. The second-order valence-corrected chi connectivity index (χ2v) is 8.69. The molecule has 1 N–H and O–H groups in total. The topological polar surface area (TPSA) is 52.6 Å². The third-order valence-electron chi connectivity index (χ3n) is 6.71. The quantitative estimate of drug-likeness (QED) is 0.537. The zero-order chi connectivity index (χ0) is 19.2. The minimum atomic E-state index is 0.322. The number of fused-ring (bicyclic) bond motifs is 3. The molecule has 0 amide bonds. The van der Waals surface area contributed by atoms with Gasteiger partial charge < -0.3 is 19.7 Å². The van der Waals surface area contributed by atoms with Crippen LogP contribution in [0.1, 0.15) is 39.0 Å². The Labute approximate surface area is 170 Å². The van der Waals surface area contributed by atoms with Crippen LogP contribution < -0.4 is 5.32 Å². The van der Waals surface area contributed by atoms with Gasteiger partial charge in [-0.25, -0.2) is 0 Å². The average molecular weight is 394 g/mol. The van der Waals surface area contributed by atoms with Crippen molar-refractivity contribution in [2.75, 3.05) is 72.1 Å². The number of ether oxygens (including phenoxy) is 2. The Balaban J connectivity index is 1.22. The number of rotatable bonds is 6. The Morgan fingerprint density at radius 1 is 1.07 bits per heavy atom. The lowest BCUT2D eigenvalue weighted by Crippen LogP contribution is -2.62. The first kappa shape index (κ1) is 20.4. The van der Waals surface area contributed by atoms with E-state index in [1.165, 1.54) is 45.6 Å². The number of hydrogen-bond donors (Lipinski definition) is 1. The minimum absolute atomic E-state index is 0.322. The predicted molar refractivity (Wildman–Crippen MR) is 112 cm³/mol. The molecule has 0 aromatic heterocycles. The molecule has 2 bridgehead atoms. The van der Waals surface area contributed by atoms with Gasteiger partial charge in [0.05, 0.1) is 25.4 Å². The van der Waals surface area contributed by atoms with Crippen molar-refractivity contribution in [3.8, 4) is 0 Å². The van der Waals surface area contributed by atoms with E-state index in [0.29, 0.717) is 18.2 Å². The number of guanidine groups is 1. The SMILES string of the molecule is CCNC(=NCC1CN2CCN1CC2)N1CCC(OCC2CCCCO2)CC1. The molecule has 2 unspecified atom stereocenters. The summed E-state index contributed by atoms with van der Waals surface area (Å²) in [5.74, 6) is 1.09. The van der Waals surface area contributed by atoms with Crippen LogP contribution in [0.15, 0.2) is 4.99 Å². The Morgan fingerprint density at radius 3 is 2.54 bits per heavy atom. The molecule has 5 aliphatic rings. The molecule has 5 rings (SSSR count). The molecule has 7 nitrogen and oxygen atoms in total. The first-order valence-electron chi connectivity index (χ1n) is 11.5. The second kappa shape index (κ2) is 10.2. The summed E-state index contributed by atoms with van der Waals surface area (Å²) in [6.45, 7) is 13.8. The molecule has 0 saturated carbocycles. The molecular weight excluding hydrogens is 354 g/mol. The number of nitrogens with one attached hydrogen (secondary N) is 1. The smallest absolute Gasteiger partial charge is 0.193 e. The summed E-state index contributed by atoms with van der Waals surface area (Å²) < 4.78 is 12.0. The lowest BCUT2D eigenvalue weighted by Gasteiger charge is -2.47. The molecule has 0 aromatic carbocycles. The molecule has 0 aromatic rings. The van der Waals surface area contributed by atoms with Crippen LogP contribution in [0.4, 0.5) is 0 Å². The van der Waals surface area contributed by atoms with E-state index in [-0.39, 0.29) is 0 Å². The van der Waals surface area contributed by atoms with Crippen LogP contribution in [-0.4, -0.2) is 111 Å². The van der Waals surface area contributed by atoms with Crippen LogP contribution in [0.25, 0.3) is 0 Å². The van der Waals surface area contributed by atoms with Crippen LogP contribution in [0.5, 0.6) is 0 Å². The van der Waals surface area contributed by atoms with Crippen molar-refractivity contribution in [3.05, 3.63) is 0 Å². The van der Waals surface area contributed by atoms with Gasteiger partial charge in [0.2, 0.25) is 0 Å². The van der Waals surface area contributed by atoms with Gasteiger partial charge in [-0.2, -0.15) is 0 Å². The fourth-order valence-electron chi connectivity index (χ4n) is 4.93. The van der Waals surface area contributed by atoms with Gasteiger partial charge in [0.15, 0.2) is 5.96 Å². The fraction of sp³-hybridized carbons (Fsp3) is 0.952. The number of aliphatic imine (C=N–C) groups is 1. The molecule has 0 spiro atoms. The van der Waals surface area contributed by atoms with Crippen LogP contribution in [0.3, 0.4) is 0 Å². The molecule has 7 heteroatoms. The number of likely N-dealkylation sites (tertiary alicyclic amines) is 1. The van der Waals surface area contributed by atoms with Crippen molar-refractivity contribution < 1.29 is 9.47 Å². The Bertz CT molecular complexity index is 495. The highest BCUT2D eigenvalue weighted by Gasteiger charge is 2.32. The average Bonchev–Trinajstić information content (AvgIpc) is 2.77. The summed E-state index contributed by atoms with van der Waals surface area (Å²) in [5, 5.41) is 3.52. The minimum Gasteiger partial charge on any atom is -0.376 e. The molecule has 28 heavy (non-hydrogen) atoms. The maximum Gasteiger partial charge on any atom is 0.193 e. The van der Waals surface area contributed by atoms with Gasteiger partial charge in [0.25, 0.3) is 0 Å². The van der Waals surface area contributed by atoms with Crippen molar-refractivity contribution in [2.45, 2.75) is 57.3 Å². The zero-order valence-corrected chi connectivity index (χ0v) is 17.7. The standard InChI is InChI=1S/C21H39N5O2/c1-2-22-21(23-15-18-16-24-10-12-25(18)13-11-24)26-8-6-19(7-9-26)28-17-20-5-3-4-14-27-20/h18-20H,2-17H2,1H3,(H,22,23). The second-order valence-electron chi connectivity index (χ2n) is 8.69. The van der Waals surface area contributed by atoms with E-state index in [4.69, 9.17) is 14.5 Å². The van der Waals surface area contributed by atoms with Gasteiger partial charge in [-0.15, -0.1) is 0 Å². The van der Waals surface area contributed by atoms with Crippen LogP contribution in [-0.2, 0) is 9.47 Å². The van der Waals surface area contributed by atoms with Crippen LogP contribution in [0.2, 0.25) is 0 Å². The highest BCUT2D eigenvalue weighted by atomic mass is 16.5. The Kier molecular flexibility index (Phi) is 7.45. The van der Waals surface area contributed by atoms with Crippen LogP contribution >= 0.6 is 0 Å². The molecular formula is C21H39N5O2. The van der Waals surface area contributed by atoms with Crippen molar-refractivity contribution in [2.24, 2.45) is 4.99 Å². The predicted octanol–water partition coefficient (Wildman–Crippen LogP) is 1.00. The summed E-state index contributed by atoms with van der Waals surface area (Å²) >= 11 is 0. The summed E-state index contributed by atoms with van der Waals surface area (Å²) in [7, 11) is 0. The third-order valence-corrected chi connectivity index (χ3v) is 6.71. The third kappa shape index (κ3) is 5.38. The molecule has 5 heterocycles. The fourth-order valence-corrected chi connectivity index (χ4v) is 4.93. The summed E-state index contributed by atoms with van der Waals surface area (Å²) in [6, 6.07) is 0.590. The summed E-state index contributed by atoms with van der Waals surface area (Å²) in [6.07, 6.45) is 6.51. The van der Waals surface area contributed by atoms with Gasteiger partial charge >= 0.3 is 0 Å². The number of piperazine rings is 3. The van der Waals surface area contributed by atoms with E-state index in [9.17, 15) is 0 Å². The maximum atomic E-state index is 6.17. The van der Waals surface area contributed by atoms with Crippen molar-refractivity contribution in [1.82, 2.24) is 20.0 Å². The van der Waals surface area contributed by atoms with E-state index in [0.717, 1.165) is 64.6 Å². The number of nitrogens with zero attached hydrogens (tertiary/aromatic N) is 4. The highest BCUT2D eigenvalue weighted by Crippen LogP contribution is 2.19. The van der Waals surface area contributed by atoms with E-state index in [1.807, 2.05) is 0 Å². The van der Waals surface area contributed by atoms with Gasteiger partial charge in [-0.1, -0.05) is 0 Å². The van der Waals surface area contributed by atoms with E-state index < -0.39 is 0 Å². The molecule has 2 atom stereocenters. The molecule has 160 valence electrons. The van der Waals surface area contributed by atoms with Crippen molar-refractivity contribution >= 4 is 5.96 Å². The first-order chi connectivity index (χ1) is 13.8. The van der Waals surface area contributed by atoms with Crippen molar-refractivity contribution in [1.29, 1.82) is 0 Å². The number of piperidine rings is 1. The monoisotopic (exact) mass is 393 g/mol. The molecule has 5 aliphatic heterocycles.